The highest BCUT2D eigenvalue weighted by molar-refractivity contribution is 7.99. The van der Waals surface area contributed by atoms with E-state index >= 15 is 0 Å². The van der Waals surface area contributed by atoms with Gasteiger partial charge in [0.1, 0.15) is 0 Å². The zero-order valence-electron chi connectivity index (χ0n) is 13.8. The summed E-state index contributed by atoms with van der Waals surface area (Å²) in [7, 11) is 0. The van der Waals surface area contributed by atoms with E-state index in [2.05, 4.69) is 24.1 Å². The monoisotopic (exact) mass is 342 g/mol. The Morgan fingerprint density at radius 3 is 2.30 bits per heavy atom. The lowest BCUT2D eigenvalue weighted by molar-refractivity contribution is -0.121. The predicted octanol–water partition coefficient (Wildman–Crippen LogP) is 4.31. The molecule has 1 fully saturated rings. The first-order chi connectivity index (χ1) is 10.8. The molecule has 23 heavy (non-hydrogen) atoms. The molecule has 1 N–H and O–H groups in total. The molecule has 1 heterocycles. The number of carbonyl (C=O) groups is 1. The first-order valence-electron chi connectivity index (χ1n) is 7.95. The Kier molecular flexibility index (Phi) is 6.41. The molecule has 0 spiro atoms. The number of hydrogen-bond donors (Lipinski definition) is 1. The lowest BCUT2D eigenvalue weighted by atomic mass is 9.91. The summed E-state index contributed by atoms with van der Waals surface area (Å²) in [5.74, 6) is -1.29. The molecule has 1 saturated heterocycles. The average Bonchev–Trinajstić information content (AvgIpc) is 2.47. The van der Waals surface area contributed by atoms with Crippen molar-refractivity contribution in [1.29, 1.82) is 0 Å². The van der Waals surface area contributed by atoms with Crippen molar-refractivity contribution in [3.8, 4) is 0 Å². The molecular weight excluding hydrogens is 318 g/mol. The largest absolute Gasteiger partial charge is 0.325 e. The minimum absolute atomic E-state index is 0.0550. The van der Waals surface area contributed by atoms with Crippen LogP contribution in [0.4, 0.5) is 14.5 Å². The number of nitrogens with zero attached hydrogens (tertiary/aromatic N) is 1. The highest BCUT2D eigenvalue weighted by atomic mass is 32.2. The van der Waals surface area contributed by atoms with Gasteiger partial charge < -0.3 is 5.32 Å². The molecule has 1 amide bonds. The fraction of sp³-hybridized carbons (Fsp3) is 0.588. The summed E-state index contributed by atoms with van der Waals surface area (Å²) >= 11 is 0.501. The molecule has 0 saturated carbocycles. The second kappa shape index (κ2) is 8.11. The van der Waals surface area contributed by atoms with Crippen molar-refractivity contribution in [3.63, 3.8) is 0 Å². The van der Waals surface area contributed by atoms with Gasteiger partial charge in [-0.2, -0.15) is 8.78 Å². The third kappa shape index (κ3) is 5.46. The number of likely N-dealkylation sites (tertiary alicyclic amines) is 1. The van der Waals surface area contributed by atoms with Gasteiger partial charge in [-0.25, -0.2) is 0 Å². The number of anilines is 1. The van der Waals surface area contributed by atoms with Crippen LogP contribution >= 0.6 is 11.8 Å². The number of halogens is 2. The second-order valence-corrected chi connectivity index (χ2v) is 7.53. The number of piperidine rings is 1. The molecule has 0 unspecified atom stereocenters. The number of benzene rings is 1. The summed E-state index contributed by atoms with van der Waals surface area (Å²) < 4.78 is 24.6. The number of thioether (sulfide) groups is 1. The Morgan fingerprint density at radius 2 is 1.78 bits per heavy atom. The van der Waals surface area contributed by atoms with Crippen LogP contribution in [0.15, 0.2) is 29.2 Å². The van der Waals surface area contributed by atoms with Crippen LogP contribution in [0, 0.1) is 11.8 Å². The van der Waals surface area contributed by atoms with Crippen LogP contribution < -0.4 is 5.32 Å². The van der Waals surface area contributed by atoms with Crippen molar-refractivity contribution in [1.82, 2.24) is 4.90 Å². The molecule has 3 nitrogen and oxygen atoms in total. The standard InChI is InChI=1S/C17H24F2N2OS/c1-11-8-12(2)10-21(9-11)13(3)16(22)20-14-4-6-15(7-5-14)23-17(18)19/h4-7,11-13,17H,8-10H2,1-3H3,(H,20,22)/t11-,12+,13-/m0/s1. The van der Waals surface area contributed by atoms with Gasteiger partial charge in [0.05, 0.1) is 6.04 Å². The Balaban J connectivity index is 1.92. The molecule has 2 rings (SSSR count). The predicted molar refractivity (Wildman–Crippen MR) is 90.9 cm³/mol. The van der Waals surface area contributed by atoms with Gasteiger partial charge in [0.15, 0.2) is 0 Å². The third-order valence-electron chi connectivity index (χ3n) is 4.17. The van der Waals surface area contributed by atoms with Gasteiger partial charge in [0.2, 0.25) is 5.91 Å². The molecule has 1 aliphatic rings. The lowest BCUT2D eigenvalue weighted by Crippen LogP contribution is -2.48. The summed E-state index contributed by atoms with van der Waals surface area (Å²) in [4.78, 5) is 15.1. The molecule has 1 aromatic rings. The highest BCUT2D eigenvalue weighted by Gasteiger charge is 2.28. The normalized spacial score (nSPS) is 23.7. The zero-order chi connectivity index (χ0) is 17.0. The van der Waals surface area contributed by atoms with E-state index in [4.69, 9.17) is 0 Å². The van der Waals surface area contributed by atoms with Crippen LogP contribution in [0.3, 0.4) is 0 Å². The Morgan fingerprint density at radius 1 is 1.22 bits per heavy atom. The fourth-order valence-electron chi connectivity index (χ4n) is 3.16. The fourth-order valence-corrected chi connectivity index (χ4v) is 3.66. The number of carbonyl (C=O) groups excluding carboxylic acids is 1. The van der Waals surface area contributed by atoms with Gasteiger partial charge >= 0.3 is 0 Å². The number of amides is 1. The number of nitrogens with one attached hydrogen (secondary N) is 1. The van der Waals surface area contributed by atoms with Gasteiger partial charge in [0, 0.05) is 23.7 Å². The highest BCUT2D eigenvalue weighted by Crippen LogP contribution is 2.26. The van der Waals surface area contributed by atoms with E-state index in [-0.39, 0.29) is 11.9 Å². The Labute approximate surface area is 140 Å². The topological polar surface area (TPSA) is 32.3 Å². The van der Waals surface area contributed by atoms with E-state index in [0.29, 0.717) is 34.2 Å². The van der Waals surface area contributed by atoms with Crippen molar-refractivity contribution in [2.45, 2.75) is 43.9 Å². The smallest absolute Gasteiger partial charge is 0.288 e. The van der Waals surface area contributed by atoms with Crippen molar-refractivity contribution >= 4 is 23.4 Å². The van der Waals surface area contributed by atoms with Gasteiger partial charge in [-0.3, -0.25) is 9.69 Å². The van der Waals surface area contributed by atoms with Gasteiger partial charge in [-0.05, 0) is 49.4 Å². The van der Waals surface area contributed by atoms with Crippen LogP contribution in [-0.2, 0) is 4.79 Å². The summed E-state index contributed by atoms with van der Waals surface area (Å²) in [6, 6.07) is 6.33. The molecule has 128 valence electrons. The second-order valence-electron chi connectivity index (χ2n) is 6.47. The van der Waals surface area contributed by atoms with E-state index in [1.165, 1.54) is 6.42 Å². The molecule has 0 radical (unpaired) electrons. The van der Waals surface area contributed by atoms with E-state index < -0.39 is 5.76 Å². The van der Waals surface area contributed by atoms with E-state index in [0.717, 1.165) is 13.1 Å². The van der Waals surface area contributed by atoms with Crippen molar-refractivity contribution < 1.29 is 13.6 Å². The minimum atomic E-state index is -2.43. The molecule has 3 atom stereocenters. The zero-order valence-corrected chi connectivity index (χ0v) is 14.6. The van der Waals surface area contributed by atoms with Crippen molar-refractivity contribution in [2.24, 2.45) is 11.8 Å². The first-order valence-corrected chi connectivity index (χ1v) is 8.83. The van der Waals surface area contributed by atoms with Crippen molar-refractivity contribution in [2.75, 3.05) is 18.4 Å². The Hall–Kier alpha value is -1.14. The molecule has 1 aromatic carbocycles. The average molecular weight is 342 g/mol. The minimum Gasteiger partial charge on any atom is -0.325 e. The van der Waals surface area contributed by atoms with E-state index in [1.54, 1.807) is 24.3 Å². The summed E-state index contributed by atoms with van der Waals surface area (Å²) in [5.41, 5.74) is 0.638. The maximum atomic E-state index is 12.4. The number of rotatable bonds is 5. The molecule has 0 aliphatic carbocycles. The molecule has 6 heteroatoms. The van der Waals surface area contributed by atoms with Crippen LogP contribution in [-0.4, -0.2) is 35.7 Å². The van der Waals surface area contributed by atoms with Crippen molar-refractivity contribution in [3.05, 3.63) is 24.3 Å². The first kappa shape index (κ1) is 18.2. The van der Waals surface area contributed by atoms with E-state index in [1.807, 2.05) is 6.92 Å². The summed E-state index contributed by atoms with van der Waals surface area (Å²) in [6.07, 6.45) is 1.20. The SMILES string of the molecule is C[C@@H]1C[C@H](C)CN([C@@H](C)C(=O)Nc2ccc(SC(F)F)cc2)C1. The van der Waals surface area contributed by atoms with Crippen LogP contribution in [0.2, 0.25) is 0 Å². The summed E-state index contributed by atoms with van der Waals surface area (Å²) in [6.45, 7) is 8.21. The van der Waals surface area contributed by atoms with Crippen LogP contribution in [0.25, 0.3) is 0 Å². The van der Waals surface area contributed by atoms with Crippen LogP contribution in [0.1, 0.15) is 27.2 Å². The number of alkyl halides is 2. The Bertz CT molecular complexity index is 514. The molecular formula is C17H24F2N2OS. The van der Waals surface area contributed by atoms with E-state index in [9.17, 15) is 13.6 Å². The lowest BCUT2D eigenvalue weighted by Gasteiger charge is -2.38. The molecule has 0 aromatic heterocycles. The van der Waals surface area contributed by atoms with Gasteiger partial charge in [-0.1, -0.05) is 25.6 Å². The van der Waals surface area contributed by atoms with Gasteiger partial charge in [-0.15, -0.1) is 0 Å². The van der Waals surface area contributed by atoms with Gasteiger partial charge in [0.25, 0.3) is 5.76 Å². The van der Waals surface area contributed by atoms with Crippen LogP contribution in [0.5, 0.6) is 0 Å². The third-order valence-corrected chi connectivity index (χ3v) is 4.89. The maximum Gasteiger partial charge on any atom is 0.288 e. The number of hydrogen-bond acceptors (Lipinski definition) is 3. The molecule has 0 bridgehead atoms. The maximum absolute atomic E-state index is 12.4. The quantitative estimate of drug-likeness (QED) is 0.810. The summed E-state index contributed by atoms with van der Waals surface area (Å²) in [5, 5.41) is 2.87. The molecule has 1 aliphatic heterocycles.